The largest absolute Gasteiger partial charge is 0.479 e. The Hall–Kier alpha value is -6.74. The Kier molecular flexibility index (Phi) is 10.2. The number of anilines is 2. The van der Waals surface area contributed by atoms with Gasteiger partial charge in [-0.25, -0.2) is 14.2 Å². The van der Waals surface area contributed by atoms with Gasteiger partial charge < -0.3 is 21.3 Å². The van der Waals surface area contributed by atoms with E-state index in [1.165, 1.54) is 19.5 Å². The maximum Gasteiger partial charge on any atom is 0.343 e. The third-order valence-electron chi connectivity index (χ3n) is 9.75. The van der Waals surface area contributed by atoms with Gasteiger partial charge in [0.15, 0.2) is 40.9 Å². The number of azo groups is 2. The summed E-state index contributed by atoms with van der Waals surface area (Å²) >= 11 is 0. The first kappa shape index (κ1) is 36.6. The predicted octanol–water partition coefficient (Wildman–Crippen LogP) is 5.13. The summed E-state index contributed by atoms with van der Waals surface area (Å²) in [6.45, 7) is 3.26. The van der Waals surface area contributed by atoms with E-state index in [2.05, 4.69) is 55.8 Å². The fourth-order valence-electron chi connectivity index (χ4n) is 6.94. The van der Waals surface area contributed by atoms with Crippen LogP contribution in [0.25, 0.3) is 11.9 Å². The number of Topliss-reactive ketones (excluding diaryl/α,β-unsaturated/α-hetero) is 1. The second kappa shape index (κ2) is 15.3. The number of esters is 1. The van der Waals surface area contributed by atoms with Crippen molar-refractivity contribution < 1.29 is 24.2 Å². The van der Waals surface area contributed by atoms with E-state index in [0.717, 1.165) is 73.6 Å². The van der Waals surface area contributed by atoms with E-state index in [4.69, 9.17) is 16.2 Å². The molecular weight excluding hydrogens is 714 g/mol. The fourth-order valence-corrected chi connectivity index (χ4v) is 6.94. The Bertz CT molecular complexity index is 2320. The van der Waals surface area contributed by atoms with Crippen molar-refractivity contribution in [1.29, 1.82) is 0 Å². The van der Waals surface area contributed by atoms with Crippen molar-refractivity contribution in [2.75, 3.05) is 18.6 Å². The summed E-state index contributed by atoms with van der Waals surface area (Å²) < 4.78 is 10.5. The van der Waals surface area contributed by atoms with Crippen molar-refractivity contribution in [2.45, 2.75) is 90.1 Å². The van der Waals surface area contributed by atoms with E-state index >= 15 is 0 Å². The lowest BCUT2D eigenvalue weighted by Gasteiger charge is -2.22. The van der Waals surface area contributed by atoms with Crippen LogP contribution in [0, 0.1) is 13.8 Å². The summed E-state index contributed by atoms with van der Waals surface area (Å²) in [6, 6.07) is -0.658. The molecule has 5 N–H and O–H groups in total. The molecule has 0 spiro atoms. The quantitative estimate of drug-likeness (QED) is 0.0518. The Morgan fingerprint density at radius 2 is 1.20 bits per heavy atom. The lowest BCUT2D eigenvalue weighted by atomic mass is 9.95. The number of methoxy groups -OCH3 is 1. The molecule has 0 aliphatic heterocycles. The van der Waals surface area contributed by atoms with E-state index < -0.39 is 17.8 Å². The molecule has 0 unspecified atom stereocenters. The highest BCUT2D eigenvalue weighted by molar-refractivity contribution is 6.34. The summed E-state index contributed by atoms with van der Waals surface area (Å²) in [4.78, 5) is 48.9. The normalized spacial score (nSPS) is 15.7. The maximum atomic E-state index is 12.6. The third-order valence-corrected chi connectivity index (χ3v) is 9.75. The minimum Gasteiger partial charge on any atom is -0.479 e. The molecule has 0 radical (unpaired) electrons. The van der Waals surface area contributed by atoms with Crippen LogP contribution >= 0.6 is 0 Å². The van der Waals surface area contributed by atoms with E-state index in [1.807, 2.05) is 0 Å². The monoisotopic (exact) mass is 753 g/mol. The Morgan fingerprint density at radius 1 is 0.745 bits per heavy atom. The van der Waals surface area contributed by atoms with E-state index in [0.29, 0.717) is 11.4 Å². The number of rotatable bonds is 11. The molecule has 5 heterocycles. The van der Waals surface area contributed by atoms with Crippen molar-refractivity contribution in [3.63, 3.8) is 0 Å². The predicted molar refractivity (Wildman–Crippen MR) is 193 cm³/mol. The molecule has 5 aromatic rings. The average molecular weight is 754 g/mol. The summed E-state index contributed by atoms with van der Waals surface area (Å²) in [5.74, 6) is -1.51. The Morgan fingerprint density at radius 3 is 1.65 bits per heavy atom. The minimum absolute atomic E-state index is 0.00793. The molecule has 2 fully saturated rings. The number of aromatic nitrogens is 11. The van der Waals surface area contributed by atoms with Crippen molar-refractivity contribution in [3.8, 4) is 17.9 Å². The standard InChI is InChI=1S/C33H39N17O5/c1-17-24(41-43-28-21(23(52)16-51)14-36-47(28)19-10-6-4-7-11-19)26(34)49(45-17)31-38-32(40-33(54)39-31)50-27(35)25(18(2)46-50)42-44-29-22(30(53)55-3)15-37-48(29)20-12-8-5-9-13-20/h14-16,19-20H,4-13,34-35H2,1-3H3,(H,38,39,40,54). The highest BCUT2D eigenvalue weighted by Gasteiger charge is 2.27. The van der Waals surface area contributed by atoms with E-state index in [9.17, 15) is 19.5 Å². The summed E-state index contributed by atoms with van der Waals surface area (Å²) in [6.07, 6.45) is 12.7. The molecule has 0 bridgehead atoms. The van der Waals surface area contributed by atoms with Crippen LogP contribution in [0.5, 0.6) is 6.01 Å². The number of aldehydes is 1. The molecular formula is C33H39N17O5. The average Bonchev–Trinajstić information content (AvgIpc) is 3.96. The molecule has 0 aromatic carbocycles. The Balaban J connectivity index is 1.21. The van der Waals surface area contributed by atoms with Gasteiger partial charge in [-0.2, -0.15) is 44.7 Å². The Labute approximate surface area is 312 Å². The number of nitrogens with two attached hydrogens (primary N) is 2. The van der Waals surface area contributed by atoms with Crippen LogP contribution in [0.1, 0.15) is 108 Å². The molecule has 0 saturated heterocycles. The van der Waals surface area contributed by atoms with Crippen molar-refractivity contribution in [1.82, 2.24) is 54.1 Å². The van der Waals surface area contributed by atoms with Gasteiger partial charge in [-0.05, 0) is 39.5 Å². The number of aryl methyl sites for hydroxylation is 2. The van der Waals surface area contributed by atoms with Gasteiger partial charge in [0.1, 0.15) is 5.56 Å². The maximum absolute atomic E-state index is 12.6. The van der Waals surface area contributed by atoms with Crippen molar-refractivity contribution in [2.24, 2.45) is 20.5 Å². The highest BCUT2D eigenvalue weighted by atomic mass is 16.5. The fraction of sp³-hybridized carbons (Fsp3) is 0.455. The number of nitrogens with zero attached hydrogens (tertiary/aromatic N) is 15. The van der Waals surface area contributed by atoms with Crippen LogP contribution in [0.15, 0.2) is 32.9 Å². The highest BCUT2D eigenvalue weighted by Crippen LogP contribution is 2.37. The number of carbonyl (C=O) groups is 3. The number of carbonyl (C=O) groups excluding carboxylic acids is 3. The molecule has 7 rings (SSSR count). The van der Waals surface area contributed by atoms with Gasteiger partial charge in [-0.1, -0.05) is 38.5 Å². The van der Waals surface area contributed by atoms with Crippen LogP contribution in [0.2, 0.25) is 0 Å². The van der Waals surface area contributed by atoms with Crippen LogP contribution in [-0.2, 0) is 9.53 Å². The van der Waals surface area contributed by atoms with Gasteiger partial charge >= 0.3 is 12.0 Å². The molecule has 2 aliphatic carbocycles. The van der Waals surface area contributed by atoms with E-state index in [1.54, 1.807) is 23.2 Å². The lowest BCUT2D eigenvalue weighted by molar-refractivity contribution is -0.104. The number of nitrogen functional groups attached to an aromatic ring is 2. The first-order valence-electron chi connectivity index (χ1n) is 17.8. The second-order valence-corrected chi connectivity index (χ2v) is 13.3. The molecule has 2 saturated carbocycles. The lowest BCUT2D eigenvalue weighted by Crippen LogP contribution is -2.14. The number of aromatic hydroxyl groups is 1. The van der Waals surface area contributed by atoms with Gasteiger partial charge in [-0.3, -0.25) is 9.59 Å². The molecule has 5 aromatic heterocycles. The van der Waals surface area contributed by atoms with Gasteiger partial charge in [0.25, 0.3) is 11.9 Å². The molecule has 0 atom stereocenters. The van der Waals surface area contributed by atoms with E-state index in [-0.39, 0.29) is 76.0 Å². The van der Waals surface area contributed by atoms with Gasteiger partial charge in [0.2, 0.25) is 5.78 Å². The zero-order valence-corrected chi connectivity index (χ0v) is 30.4. The number of hydrogen-bond donors (Lipinski definition) is 3. The third kappa shape index (κ3) is 7.04. The minimum atomic E-state index is -0.778. The molecule has 2 aliphatic rings. The van der Waals surface area contributed by atoms with Crippen LogP contribution < -0.4 is 11.5 Å². The molecule has 286 valence electrons. The zero-order valence-electron chi connectivity index (χ0n) is 30.4. The second-order valence-electron chi connectivity index (χ2n) is 13.3. The summed E-state index contributed by atoms with van der Waals surface area (Å²) in [7, 11) is 1.28. The first-order chi connectivity index (χ1) is 26.6. The molecule has 22 heteroatoms. The smallest absolute Gasteiger partial charge is 0.343 e. The van der Waals surface area contributed by atoms with Gasteiger partial charge in [0, 0.05) is 0 Å². The van der Waals surface area contributed by atoms with Gasteiger partial charge in [0.05, 0.1) is 48.5 Å². The van der Waals surface area contributed by atoms with Crippen LogP contribution in [0.4, 0.5) is 34.6 Å². The molecule has 22 nitrogen and oxygen atoms in total. The van der Waals surface area contributed by atoms with Gasteiger partial charge in [-0.15, -0.1) is 20.5 Å². The zero-order chi connectivity index (χ0) is 38.8. The topological polar surface area (TPSA) is 292 Å². The van der Waals surface area contributed by atoms with Crippen molar-refractivity contribution in [3.05, 3.63) is 34.9 Å². The van der Waals surface area contributed by atoms with Crippen molar-refractivity contribution >= 4 is 52.7 Å². The number of hydrogen-bond acceptors (Lipinski definition) is 18. The SMILES string of the molecule is COC(=O)c1cnn(C2CCCCC2)c1N=Nc1c(C)nn(-c2nc(O)nc(-n3nc(C)c(N=Nc4c(C(=O)C=O)cnn4C4CCCCC4)c3N)n2)c1N. The van der Waals surface area contributed by atoms with Crippen LogP contribution in [-0.4, -0.2) is 84.3 Å². The molecule has 55 heavy (non-hydrogen) atoms. The van der Waals surface area contributed by atoms with Crippen LogP contribution in [0.3, 0.4) is 0 Å². The number of ether oxygens (including phenoxy) is 1. The summed E-state index contributed by atoms with van der Waals surface area (Å²) in [5.41, 5.74) is 14.1. The number of ketones is 1. The first-order valence-corrected chi connectivity index (χ1v) is 17.8. The molecule has 0 amide bonds. The summed E-state index contributed by atoms with van der Waals surface area (Å²) in [5, 5.41) is 45.7.